The normalized spacial score (nSPS) is 21.2. The van der Waals surface area contributed by atoms with E-state index in [0.717, 1.165) is 50.8 Å². The van der Waals surface area contributed by atoms with E-state index in [2.05, 4.69) is 30.1 Å². The number of morpholine rings is 1. The molecule has 7 nitrogen and oxygen atoms in total. The monoisotopic (exact) mass is 372 g/mol. The molecule has 0 radical (unpaired) electrons. The van der Waals surface area contributed by atoms with Gasteiger partial charge >= 0.3 is 0 Å². The van der Waals surface area contributed by atoms with Gasteiger partial charge in [0.15, 0.2) is 0 Å². The zero-order valence-corrected chi connectivity index (χ0v) is 15.4. The number of likely N-dealkylation sites (tertiary alicyclic amines) is 1. The number of ether oxygens (including phenoxy) is 1. The van der Waals surface area contributed by atoms with Gasteiger partial charge in [-0.25, -0.2) is 9.37 Å². The van der Waals surface area contributed by atoms with Gasteiger partial charge in [0.25, 0.3) is 0 Å². The predicted molar refractivity (Wildman–Crippen MR) is 101 cm³/mol. The number of nitrogens with one attached hydrogen (secondary N) is 1. The molecule has 1 unspecified atom stereocenters. The van der Waals surface area contributed by atoms with Crippen LogP contribution in [0.2, 0.25) is 0 Å². The van der Waals surface area contributed by atoms with Crippen molar-refractivity contribution in [1.82, 2.24) is 19.9 Å². The van der Waals surface area contributed by atoms with E-state index in [1.54, 1.807) is 18.5 Å². The molecule has 0 aliphatic carbocycles. The number of nitrogens with zero attached hydrogens (tertiary/aromatic N) is 5. The highest BCUT2D eigenvalue weighted by atomic mass is 19.1. The molecule has 2 saturated heterocycles. The Labute approximate surface area is 158 Å². The van der Waals surface area contributed by atoms with Gasteiger partial charge in [-0.05, 0) is 31.5 Å². The lowest BCUT2D eigenvalue weighted by atomic mass is 10.0. The summed E-state index contributed by atoms with van der Waals surface area (Å²) in [7, 11) is 0. The Morgan fingerprint density at radius 1 is 1.19 bits per heavy atom. The van der Waals surface area contributed by atoms with Crippen LogP contribution in [0.5, 0.6) is 0 Å². The van der Waals surface area contributed by atoms with Crippen molar-refractivity contribution >= 4 is 11.8 Å². The topological polar surface area (TPSA) is 66.4 Å². The van der Waals surface area contributed by atoms with Crippen LogP contribution >= 0.6 is 0 Å². The minimum Gasteiger partial charge on any atom is -0.378 e. The first-order valence-corrected chi connectivity index (χ1v) is 9.51. The molecular weight excluding hydrogens is 347 g/mol. The van der Waals surface area contributed by atoms with Crippen LogP contribution in [0.4, 0.5) is 16.2 Å². The van der Waals surface area contributed by atoms with Crippen molar-refractivity contribution in [3.63, 3.8) is 0 Å². The van der Waals surface area contributed by atoms with Crippen molar-refractivity contribution in [3.05, 3.63) is 42.1 Å². The maximum atomic E-state index is 13.9. The average Bonchev–Trinajstić information content (AvgIpc) is 2.71. The largest absolute Gasteiger partial charge is 0.378 e. The van der Waals surface area contributed by atoms with E-state index in [1.807, 2.05) is 6.07 Å². The fraction of sp³-hybridized carbons (Fsp3) is 0.526. The van der Waals surface area contributed by atoms with E-state index < -0.39 is 0 Å². The summed E-state index contributed by atoms with van der Waals surface area (Å²) in [6.07, 6.45) is 6.88. The average molecular weight is 372 g/mol. The van der Waals surface area contributed by atoms with Gasteiger partial charge in [0.05, 0.1) is 19.4 Å². The Bertz CT molecular complexity index is 754. The molecule has 2 aromatic heterocycles. The molecule has 144 valence electrons. The third kappa shape index (κ3) is 4.70. The predicted octanol–water partition coefficient (Wildman–Crippen LogP) is 1.92. The molecule has 4 heterocycles. The number of hydrogen-bond acceptors (Lipinski definition) is 7. The summed E-state index contributed by atoms with van der Waals surface area (Å²) >= 11 is 0. The molecule has 4 rings (SSSR count). The highest BCUT2D eigenvalue weighted by Gasteiger charge is 2.22. The van der Waals surface area contributed by atoms with E-state index >= 15 is 0 Å². The molecule has 0 spiro atoms. The molecular formula is C19H25FN6O. The highest BCUT2D eigenvalue weighted by Crippen LogP contribution is 2.19. The molecule has 0 amide bonds. The lowest BCUT2D eigenvalue weighted by molar-refractivity contribution is 0.122. The molecule has 8 heteroatoms. The van der Waals surface area contributed by atoms with E-state index in [1.165, 1.54) is 6.20 Å². The number of piperidine rings is 1. The quantitative estimate of drug-likeness (QED) is 0.860. The summed E-state index contributed by atoms with van der Waals surface area (Å²) in [5.74, 6) is 1.35. The third-order valence-corrected chi connectivity index (χ3v) is 5.04. The van der Waals surface area contributed by atoms with Crippen molar-refractivity contribution in [3.8, 4) is 0 Å². The third-order valence-electron chi connectivity index (χ3n) is 5.04. The van der Waals surface area contributed by atoms with Crippen LogP contribution in [0.15, 0.2) is 30.7 Å². The summed E-state index contributed by atoms with van der Waals surface area (Å²) in [4.78, 5) is 17.3. The molecule has 2 aromatic rings. The van der Waals surface area contributed by atoms with Gasteiger partial charge in [-0.3, -0.25) is 9.88 Å². The van der Waals surface area contributed by atoms with E-state index in [0.29, 0.717) is 25.3 Å². The van der Waals surface area contributed by atoms with Crippen molar-refractivity contribution in [2.24, 2.45) is 0 Å². The van der Waals surface area contributed by atoms with Gasteiger partial charge in [0.1, 0.15) is 11.6 Å². The minimum atomic E-state index is -0.237. The Balaban J connectivity index is 1.37. The minimum absolute atomic E-state index is 0.237. The number of halogens is 1. The molecule has 2 aliphatic rings. The maximum Gasteiger partial charge on any atom is 0.227 e. The fourth-order valence-corrected chi connectivity index (χ4v) is 3.64. The van der Waals surface area contributed by atoms with E-state index in [-0.39, 0.29) is 11.9 Å². The number of rotatable bonds is 5. The number of aromatic nitrogens is 3. The molecule has 1 atom stereocenters. The second-order valence-corrected chi connectivity index (χ2v) is 7.03. The fourth-order valence-electron chi connectivity index (χ4n) is 3.64. The van der Waals surface area contributed by atoms with Crippen molar-refractivity contribution in [2.75, 3.05) is 49.6 Å². The van der Waals surface area contributed by atoms with Gasteiger partial charge in [-0.1, -0.05) is 0 Å². The Kier molecular flexibility index (Phi) is 5.74. The van der Waals surface area contributed by atoms with E-state index in [4.69, 9.17) is 4.74 Å². The zero-order valence-electron chi connectivity index (χ0n) is 15.4. The molecule has 0 saturated carbocycles. The van der Waals surface area contributed by atoms with Gasteiger partial charge in [-0.2, -0.15) is 4.98 Å². The lowest BCUT2D eigenvalue weighted by Crippen LogP contribution is -2.42. The molecule has 0 aromatic carbocycles. The van der Waals surface area contributed by atoms with Crippen LogP contribution in [-0.2, 0) is 11.3 Å². The van der Waals surface area contributed by atoms with Crippen LogP contribution in [0.25, 0.3) is 0 Å². The van der Waals surface area contributed by atoms with Crippen LogP contribution < -0.4 is 10.2 Å². The first-order chi connectivity index (χ1) is 13.3. The van der Waals surface area contributed by atoms with Gasteiger partial charge in [-0.15, -0.1) is 0 Å². The number of anilines is 2. The lowest BCUT2D eigenvalue weighted by Gasteiger charge is -2.33. The Morgan fingerprint density at radius 3 is 2.93 bits per heavy atom. The van der Waals surface area contributed by atoms with Crippen LogP contribution in [0.3, 0.4) is 0 Å². The number of pyridine rings is 1. The van der Waals surface area contributed by atoms with Crippen molar-refractivity contribution in [1.29, 1.82) is 0 Å². The van der Waals surface area contributed by atoms with Crippen LogP contribution in [0, 0.1) is 5.82 Å². The van der Waals surface area contributed by atoms with Gasteiger partial charge in [0.2, 0.25) is 5.95 Å². The Hall–Kier alpha value is -2.32. The summed E-state index contributed by atoms with van der Waals surface area (Å²) in [6, 6.07) is 3.95. The molecule has 0 bridgehead atoms. The van der Waals surface area contributed by atoms with Crippen molar-refractivity contribution in [2.45, 2.75) is 25.4 Å². The highest BCUT2D eigenvalue weighted by molar-refractivity contribution is 5.42. The smallest absolute Gasteiger partial charge is 0.227 e. The first-order valence-electron chi connectivity index (χ1n) is 9.51. The first kappa shape index (κ1) is 18.1. The summed E-state index contributed by atoms with van der Waals surface area (Å²) < 4.78 is 19.3. The van der Waals surface area contributed by atoms with Crippen molar-refractivity contribution < 1.29 is 9.13 Å². The summed E-state index contributed by atoms with van der Waals surface area (Å²) in [5.41, 5.74) is 0.697. The number of hydrogen-bond donors (Lipinski definition) is 1. The van der Waals surface area contributed by atoms with Gasteiger partial charge < -0.3 is 15.0 Å². The molecule has 2 aliphatic heterocycles. The maximum absolute atomic E-state index is 13.9. The molecule has 27 heavy (non-hydrogen) atoms. The van der Waals surface area contributed by atoms with Gasteiger partial charge in [0, 0.05) is 50.2 Å². The van der Waals surface area contributed by atoms with Crippen LogP contribution in [0.1, 0.15) is 18.4 Å². The standard InChI is InChI=1S/C19H25FN6O/c20-17-12-21-5-3-15(17)13-25-7-1-2-16(14-25)23-18-4-6-22-19(24-18)26-8-10-27-11-9-26/h3-6,12,16H,1-2,7-11,13-14H2,(H,22,23,24). The Morgan fingerprint density at radius 2 is 2.07 bits per heavy atom. The van der Waals surface area contributed by atoms with E-state index in [9.17, 15) is 4.39 Å². The summed E-state index contributed by atoms with van der Waals surface area (Å²) in [5, 5.41) is 3.53. The second-order valence-electron chi connectivity index (χ2n) is 7.03. The second kappa shape index (κ2) is 8.58. The molecule has 2 fully saturated rings. The SMILES string of the molecule is Fc1cnccc1CN1CCCC(Nc2ccnc(N3CCOCC3)n2)C1. The van der Waals surface area contributed by atoms with Crippen LogP contribution in [-0.4, -0.2) is 65.3 Å². The molecule has 1 N–H and O–H groups in total. The summed E-state index contributed by atoms with van der Waals surface area (Å²) in [6.45, 7) is 5.50. The zero-order chi connectivity index (χ0) is 18.5.